The van der Waals surface area contributed by atoms with Crippen molar-refractivity contribution in [2.45, 2.75) is 65.2 Å². The minimum atomic E-state index is -1.02. The molecule has 0 radical (unpaired) electrons. The number of benzene rings is 3. The highest BCUT2D eigenvalue weighted by Gasteiger charge is 2.38. The molecule has 3 aromatic heterocycles. The molecule has 5 heterocycles. The molecule has 0 unspecified atom stereocenters. The van der Waals surface area contributed by atoms with Crippen molar-refractivity contribution in [3.8, 4) is 16.9 Å². The summed E-state index contributed by atoms with van der Waals surface area (Å²) >= 11 is 7.21. The molecule has 0 amide bonds. The van der Waals surface area contributed by atoms with E-state index in [1.54, 1.807) is 6.07 Å². The Labute approximate surface area is 330 Å². The van der Waals surface area contributed by atoms with E-state index in [4.69, 9.17) is 36.0 Å². The van der Waals surface area contributed by atoms with Gasteiger partial charge in [0.2, 0.25) is 0 Å². The number of ether oxygens (including phenoxy) is 3. The van der Waals surface area contributed by atoms with E-state index in [1.165, 1.54) is 12.1 Å². The Morgan fingerprint density at radius 3 is 2.55 bits per heavy atom. The second-order valence-electron chi connectivity index (χ2n) is 15.3. The van der Waals surface area contributed by atoms with Crippen molar-refractivity contribution < 1.29 is 28.5 Å². The summed E-state index contributed by atoms with van der Waals surface area (Å²) in [5.74, 6) is -0.665. The van der Waals surface area contributed by atoms with Crippen LogP contribution in [-0.4, -0.2) is 79.6 Å². The minimum absolute atomic E-state index is 0.203. The van der Waals surface area contributed by atoms with Gasteiger partial charge >= 0.3 is 5.97 Å². The maximum atomic E-state index is 14.5. The van der Waals surface area contributed by atoms with Crippen LogP contribution in [-0.2, 0) is 55.2 Å². The fourth-order valence-corrected chi connectivity index (χ4v) is 8.76. The number of fused-ring (bicyclic) bond motifs is 8. The fraction of sp³-hybridized carbons (Fsp3) is 0.419. The molecule has 1 atom stereocenters. The molecule has 0 aliphatic carbocycles. The van der Waals surface area contributed by atoms with Crippen molar-refractivity contribution >= 4 is 39.2 Å². The standard InChI is InChI=1S/C43H48ClFN6O5/c1-26-37-35-12-11-34(44)39(37)38-27(2)48(4)47-41(38)43(3,13-15-50-16-19-54-20-17-50)56-25-31-24-32(49(5)46-31)9-7-28-21-29-23-30(45)8-10-33(29)36(22-28)55-18-6-14-51(35)40(26)42(52)53/h8,10-12,21-24H,6-7,9,13-20,25H2,1-5H3,(H,52,53)/t43-/m1/s1. The zero-order valence-electron chi connectivity index (χ0n) is 32.6. The molecule has 6 aromatic rings. The van der Waals surface area contributed by atoms with Gasteiger partial charge < -0.3 is 23.9 Å². The Morgan fingerprint density at radius 1 is 0.964 bits per heavy atom. The molecule has 1 N–H and O–H groups in total. The van der Waals surface area contributed by atoms with Gasteiger partial charge in [-0.15, -0.1) is 0 Å². The Balaban J connectivity index is 1.29. The van der Waals surface area contributed by atoms with Gasteiger partial charge in [-0.25, -0.2) is 9.18 Å². The second kappa shape index (κ2) is 15.3. The lowest BCUT2D eigenvalue weighted by Gasteiger charge is -2.33. The molecular weight excluding hydrogens is 735 g/mol. The summed E-state index contributed by atoms with van der Waals surface area (Å²) < 4.78 is 39.2. The number of rotatable bonds is 4. The number of hydrogen-bond acceptors (Lipinski definition) is 7. The molecule has 294 valence electrons. The van der Waals surface area contributed by atoms with Crippen molar-refractivity contribution in [3.63, 3.8) is 0 Å². The molecule has 8 rings (SSSR count). The van der Waals surface area contributed by atoms with Crippen molar-refractivity contribution in [1.82, 2.24) is 29.0 Å². The predicted octanol–water partition coefficient (Wildman–Crippen LogP) is 7.76. The topological polar surface area (TPSA) is 109 Å². The van der Waals surface area contributed by atoms with Gasteiger partial charge in [0.1, 0.15) is 28.6 Å². The van der Waals surface area contributed by atoms with Gasteiger partial charge in [0.25, 0.3) is 0 Å². The van der Waals surface area contributed by atoms with Gasteiger partial charge in [0, 0.05) is 84.1 Å². The van der Waals surface area contributed by atoms with Crippen LogP contribution in [0.25, 0.3) is 32.8 Å². The van der Waals surface area contributed by atoms with Crippen LogP contribution in [0, 0.1) is 19.7 Å². The van der Waals surface area contributed by atoms with Gasteiger partial charge in [0.05, 0.1) is 32.1 Å². The van der Waals surface area contributed by atoms with E-state index in [1.807, 2.05) is 66.1 Å². The van der Waals surface area contributed by atoms with Crippen molar-refractivity contribution in [2.24, 2.45) is 14.1 Å². The molecule has 0 saturated carbocycles. The molecule has 13 heteroatoms. The fourth-order valence-electron chi connectivity index (χ4n) is 8.51. The highest BCUT2D eigenvalue weighted by Crippen LogP contribution is 2.46. The molecule has 2 aliphatic heterocycles. The SMILES string of the molecule is Cc1c(C(=O)O)n2c3ccc(Cl)c(c13)-c1c(nn(C)c1C)[C@@](C)(CCN1CCOCC1)OCc1cc(n(C)n1)CCc1cc(c3ccc(F)cc3c1)OCCC2. The quantitative estimate of drug-likeness (QED) is 0.194. The molecule has 11 nitrogen and oxygen atoms in total. The van der Waals surface area contributed by atoms with Crippen LogP contribution in [0.4, 0.5) is 4.39 Å². The maximum Gasteiger partial charge on any atom is 0.352 e. The minimum Gasteiger partial charge on any atom is -0.493 e. The lowest BCUT2D eigenvalue weighted by Crippen LogP contribution is -2.40. The molecule has 1 saturated heterocycles. The van der Waals surface area contributed by atoms with Gasteiger partial charge in [-0.1, -0.05) is 17.7 Å². The van der Waals surface area contributed by atoms with Gasteiger partial charge in [0.15, 0.2) is 0 Å². The first-order valence-electron chi connectivity index (χ1n) is 19.3. The van der Waals surface area contributed by atoms with Crippen LogP contribution in [0.5, 0.6) is 5.75 Å². The van der Waals surface area contributed by atoms with E-state index in [0.717, 1.165) is 80.8 Å². The van der Waals surface area contributed by atoms with Crippen LogP contribution in [0.1, 0.15) is 64.2 Å². The number of aromatic carboxylic acids is 1. The van der Waals surface area contributed by atoms with Crippen LogP contribution in [0.15, 0.2) is 48.5 Å². The Bertz CT molecular complexity index is 2460. The third kappa shape index (κ3) is 7.08. The van der Waals surface area contributed by atoms with Crippen LogP contribution < -0.4 is 4.74 Å². The summed E-state index contributed by atoms with van der Waals surface area (Å²) in [6.45, 7) is 10.7. The summed E-state index contributed by atoms with van der Waals surface area (Å²) in [6, 6.07) is 14.6. The Morgan fingerprint density at radius 2 is 1.77 bits per heavy atom. The lowest BCUT2D eigenvalue weighted by molar-refractivity contribution is -0.0676. The number of carboxylic acid groups (broad SMARTS) is 1. The van der Waals surface area contributed by atoms with Crippen molar-refractivity contribution in [2.75, 3.05) is 39.5 Å². The number of carboxylic acids is 1. The first-order chi connectivity index (χ1) is 26.9. The lowest BCUT2D eigenvalue weighted by atomic mass is 9.88. The summed E-state index contributed by atoms with van der Waals surface area (Å²) in [5.41, 5.74) is 6.77. The maximum absolute atomic E-state index is 14.5. The highest BCUT2D eigenvalue weighted by atomic mass is 35.5. The molecule has 1 fully saturated rings. The van der Waals surface area contributed by atoms with E-state index in [9.17, 15) is 14.3 Å². The van der Waals surface area contributed by atoms with Crippen LogP contribution in [0.2, 0.25) is 5.02 Å². The average molecular weight is 783 g/mol. The Hall–Kier alpha value is -4.75. The molecule has 2 aliphatic rings. The number of aryl methyl sites for hydroxylation is 6. The number of aromatic nitrogens is 5. The summed E-state index contributed by atoms with van der Waals surface area (Å²) in [6.07, 6.45) is 2.55. The van der Waals surface area contributed by atoms with Crippen LogP contribution in [0.3, 0.4) is 0 Å². The summed E-state index contributed by atoms with van der Waals surface area (Å²) in [4.78, 5) is 15.4. The number of nitrogens with zero attached hydrogens (tertiary/aromatic N) is 6. The van der Waals surface area contributed by atoms with E-state index in [2.05, 4.69) is 17.9 Å². The molecule has 8 bridgehead atoms. The van der Waals surface area contributed by atoms with Crippen LogP contribution >= 0.6 is 11.6 Å². The van der Waals surface area contributed by atoms with Gasteiger partial charge in [-0.3, -0.25) is 14.3 Å². The average Bonchev–Trinajstić information content (AvgIpc) is 3.79. The zero-order valence-corrected chi connectivity index (χ0v) is 33.4. The van der Waals surface area contributed by atoms with Crippen molar-refractivity contribution in [1.29, 1.82) is 0 Å². The zero-order chi connectivity index (χ0) is 39.3. The van der Waals surface area contributed by atoms with E-state index >= 15 is 0 Å². The number of carbonyl (C=O) groups is 1. The number of halogens is 2. The van der Waals surface area contributed by atoms with E-state index in [-0.39, 0.29) is 18.1 Å². The van der Waals surface area contributed by atoms with E-state index in [0.29, 0.717) is 68.4 Å². The molecule has 56 heavy (non-hydrogen) atoms. The number of morpholine rings is 1. The number of hydrogen-bond donors (Lipinski definition) is 1. The molecular formula is C43H48ClFN6O5. The molecule has 3 aromatic carbocycles. The summed E-state index contributed by atoms with van der Waals surface area (Å²) in [5, 5.41) is 23.5. The van der Waals surface area contributed by atoms with Crippen molar-refractivity contribution in [3.05, 3.63) is 99.0 Å². The monoisotopic (exact) mass is 782 g/mol. The summed E-state index contributed by atoms with van der Waals surface area (Å²) in [7, 11) is 3.87. The Kier molecular flexibility index (Phi) is 10.4. The van der Waals surface area contributed by atoms with Gasteiger partial charge in [-0.05, 0) is 105 Å². The highest BCUT2D eigenvalue weighted by molar-refractivity contribution is 6.35. The normalized spacial score (nSPS) is 18.6. The third-order valence-corrected chi connectivity index (χ3v) is 12.0. The molecule has 0 spiro atoms. The predicted molar refractivity (Wildman–Crippen MR) is 214 cm³/mol. The smallest absolute Gasteiger partial charge is 0.352 e. The van der Waals surface area contributed by atoms with E-state index < -0.39 is 11.6 Å². The first kappa shape index (κ1) is 38.1. The second-order valence-corrected chi connectivity index (χ2v) is 15.7. The first-order valence-corrected chi connectivity index (χ1v) is 19.7. The van der Waals surface area contributed by atoms with Gasteiger partial charge in [-0.2, -0.15) is 10.2 Å². The third-order valence-electron chi connectivity index (χ3n) is 11.7. The largest absolute Gasteiger partial charge is 0.493 e.